The minimum atomic E-state index is 0.527. The summed E-state index contributed by atoms with van der Waals surface area (Å²) in [5, 5.41) is 0. The van der Waals surface area contributed by atoms with Gasteiger partial charge in [-0.25, -0.2) is 0 Å². The fourth-order valence-electron chi connectivity index (χ4n) is 3.28. The lowest BCUT2D eigenvalue weighted by molar-refractivity contribution is 0.739. The Kier molecular flexibility index (Phi) is 6.70. The van der Waals surface area contributed by atoms with Crippen LogP contribution in [-0.4, -0.2) is 0 Å². The zero-order valence-electron chi connectivity index (χ0n) is 14.9. The lowest BCUT2D eigenvalue weighted by Crippen LogP contribution is -2.04. The number of nitrogen functional groups attached to an aromatic ring is 1. The second kappa shape index (κ2) is 8.76. The molecule has 0 heterocycles. The number of hydrogen-bond acceptors (Lipinski definition) is 1. The molecule has 0 saturated heterocycles. The van der Waals surface area contributed by atoms with Gasteiger partial charge in [0, 0.05) is 5.69 Å². The van der Waals surface area contributed by atoms with Gasteiger partial charge in [-0.05, 0) is 66.0 Å². The largest absolute Gasteiger partial charge is 0.399 e. The Labute approximate surface area is 141 Å². The molecule has 1 nitrogen and oxygen atoms in total. The molecule has 2 N–H and O–H groups in total. The number of nitrogens with two attached hydrogens (primary N) is 1. The standard InChI is InChI=1S/C22H31N/c1-4-6-8-18-9-11-19(12-10-18)15-17(3)22-14-13-21(23)16-20(22)7-5-2/h9-14,16-17H,4-8,15,23H2,1-3H3. The van der Waals surface area contributed by atoms with Crippen molar-refractivity contribution in [2.75, 3.05) is 5.73 Å². The van der Waals surface area contributed by atoms with Crippen molar-refractivity contribution >= 4 is 5.69 Å². The van der Waals surface area contributed by atoms with E-state index in [4.69, 9.17) is 5.73 Å². The molecule has 2 aromatic rings. The SMILES string of the molecule is CCCCc1ccc(CC(C)c2ccc(N)cc2CCC)cc1. The summed E-state index contributed by atoms with van der Waals surface area (Å²) < 4.78 is 0. The predicted molar refractivity (Wildman–Crippen MR) is 102 cm³/mol. The molecule has 0 bridgehead atoms. The molecular formula is C22H31N. The third kappa shape index (κ3) is 5.13. The van der Waals surface area contributed by atoms with Gasteiger partial charge in [0.1, 0.15) is 0 Å². The summed E-state index contributed by atoms with van der Waals surface area (Å²) in [7, 11) is 0. The second-order valence-electron chi connectivity index (χ2n) is 6.73. The number of benzene rings is 2. The lowest BCUT2D eigenvalue weighted by atomic mass is 9.88. The number of hydrogen-bond donors (Lipinski definition) is 1. The molecule has 2 aromatic carbocycles. The van der Waals surface area contributed by atoms with Crippen LogP contribution in [0.4, 0.5) is 5.69 Å². The maximum atomic E-state index is 5.97. The summed E-state index contributed by atoms with van der Waals surface area (Å²) in [6.07, 6.45) is 7.10. The van der Waals surface area contributed by atoms with E-state index < -0.39 is 0 Å². The average Bonchev–Trinajstić information content (AvgIpc) is 2.54. The van der Waals surface area contributed by atoms with E-state index >= 15 is 0 Å². The third-order valence-corrected chi connectivity index (χ3v) is 4.60. The lowest BCUT2D eigenvalue weighted by Gasteiger charge is -2.17. The van der Waals surface area contributed by atoms with Crippen LogP contribution >= 0.6 is 0 Å². The zero-order valence-corrected chi connectivity index (χ0v) is 14.9. The fraction of sp³-hybridized carbons (Fsp3) is 0.455. The van der Waals surface area contributed by atoms with Crippen molar-refractivity contribution < 1.29 is 0 Å². The zero-order chi connectivity index (χ0) is 16.7. The van der Waals surface area contributed by atoms with Gasteiger partial charge in [0.2, 0.25) is 0 Å². The van der Waals surface area contributed by atoms with Crippen molar-refractivity contribution in [3.05, 3.63) is 64.7 Å². The van der Waals surface area contributed by atoms with Gasteiger partial charge in [0.25, 0.3) is 0 Å². The van der Waals surface area contributed by atoms with Crippen LogP contribution in [0.15, 0.2) is 42.5 Å². The van der Waals surface area contributed by atoms with Gasteiger partial charge in [-0.1, -0.05) is 63.9 Å². The van der Waals surface area contributed by atoms with Crippen LogP contribution in [0, 0.1) is 0 Å². The van der Waals surface area contributed by atoms with E-state index in [1.807, 2.05) is 6.07 Å². The Morgan fingerprint density at radius 1 is 0.870 bits per heavy atom. The Morgan fingerprint density at radius 2 is 1.57 bits per heavy atom. The minimum Gasteiger partial charge on any atom is -0.399 e. The van der Waals surface area contributed by atoms with Crippen LogP contribution in [0.3, 0.4) is 0 Å². The smallest absolute Gasteiger partial charge is 0.0316 e. The molecule has 124 valence electrons. The van der Waals surface area contributed by atoms with E-state index in [2.05, 4.69) is 57.2 Å². The van der Waals surface area contributed by atoms with Crippen molar-refractivity contribution in [2.24, 2.45) is 0 Å². The van der Waals surface area contributed by atoms with E-state index in [0.717, 1.165) is 24.9 Å². The van der Waals surface area contributed by atoms with Crippen LogP contribution in [0.1, 0.15) is 68.2 Å². The van der Waals surface area contributed by atoms with Gasteiger partial charge in [0.15, 0.2) is 0 Å². The van der Waals surface area contributed by atoms with E-state index in [9.17, 15) is 0 Å². The van der Waals surface area contributed by atoms with E-state index in [1.165, 1.54) is 41.5 Å². The predicted octanol–water partition coefficient (Wildman–Crippen LogP) is 5.91. The van der Waals surface area contributed by atoms with Gasteiger partial charge in [-0.2, -0.15) is 0 Å². The molecule has 0 amide bonds. The third-order valence-electron chi connectivity index (χ3n) is 4.60. The van der Waals surface area contributed by atoms with Crippen LogP contribution < -0.4 is 5.73 Å². The Bertz CT molecular complexity index is 598. The second-order valence-corrected chi connectivity index (χ2v) is 6.73. The summed E-state index contributed by atoms with van der Waals surface area (Å²) in [5.41, 5.74) is 12.6. The average molecular weight is 309 g/mol. The molecule has 2 rings (SSSR count). The Balaban J connectivity index is 2.08. The number of anilines is 1. The maximum Gasteiger partial charge on any atom is 0.0316 e. The van der Waals surface area contributed by atoms with Crippen LogP contribution in [0.2, 0.25) is 0 Å². The van der Waals surface area contributed by atoms with Crippen molar-refractivity contribution in [3.63, 3.8) is 0 Å². The molecule has 0 aliphatic rings. The van der Waals surface area contributed by atoms with Gasteiger partial charge < -0.3 is 5.73 Å². The molecule has 0 aliphatic heterocycles. The first-order valence-electron chi connectivity index (χ1n) is 9.10. The van der Waals surface area contributed by atoms with Crippen molar-refractivity contribution in [1.82, 2.24) is 0 Å². The normalized spacial score (nSPS) is 12.3. The molecule has 1 heteroatoms. The highest BCUT2D eigenvalue weighted by molar-refractivity contribution is 5.46. The molecule has 0 radical (unpaired) electrons. The summed E-state index contributed by atoms with van der Waals surface area (Å²) in [6.45, 7) is 6.80. The van der Waals surface area contributed by atoms with Crippen molar-refractivity contribution in [2.45, 2.75) is 65.2 Å². The fourth-order valence-corrected chi connectivity index (χ4v) is 3.28. The topological polar surface area (TPSA) is 26.0 Å². The molecule has 0 aromatic heterocycles. The van der Waals surface area contributed by atoms with Crippen LogP contribution in [0.25, 0.3) is 0 Å². The minimum absolute atomic E-state index is 0.527. The number of aryl methyl sites for hydroxylation is 2. The molecular weight excluding hydrogens is 278 g/mol. The monoisotopic (exact) mass is 309 g/mol. The molecule has 0 fully saturated rings. The van der Waals surface area contributed by atoms with Crippen molar-refractivity contribution in [1.29, 1.82) is 0 Å². The highest BCUT2D eigenvalue weighted by Crippen LogP contribution is 2.26. The first-order valence-corrected chi connectivity index (χ1v) is 9.10. The van der Waals surface area contributed by atoms with Crippen LogP contribution in [0.5, 0.6) is 0 Å². The van der Waals surface area contributed by atoms with E-state index in [-0.39, 0.29) is 0 Å². The maximum absolute atomic E-state index is 5.97. The van der Waals surface area contributed by atoms with Gasteiger partial charge >= 0.3 is 0 Å². The van der Waals surface area contributed by atoms with Gasteiger partial charge in [-0.15, -0.1) is 0 Å². The molecule has 1 atom stereocenters. The number of unbranched alkanes of at least 4 members (excludes halogenated alkanes) is 1. The molecule has 0 saturated carbocycles. The molecule has 0 spiro atoms. The summed E-state index contributed by atoms with van der Waals surface area (Å²) in [5.74, 6) is 0.527. The summed E-state index contributed by atoms with van der Waals surface area (Å²) in [4.78, 5) is 0. The Morgan fingerprint density at radius 3 is 2.22 bits per heavy atom. The highest BCUT2D eigenvalue weighted by atomic mass is 14.5. The summed E-state index contributed by atoms with van der Waals surface area (Å²) >= 11 is 0. The molecule has 1 unspecified atom stereocenters. The highest BCUT2D eigenvalue weighted by Gasteiger charge is 2.11. The van der Waals surface area contributed by atoms with Crippen molar-refractivity contribution in [3.8, 4) is 0 Å². The van der Waals surface area contributed by atoms with Gasteiger partial charge in [-0.3, -0.25) is 0 Å². The number of rotatable bonds is 8. The first kappa shape index (κ1) is 17.6. The first-order chi connectivity index (χ1) is 11.1. The Hall–Kier alpha value is -1.76. The molecule has 23 heavy (non-hydrogen) atoms. The van der Waals surface area contributed by atoms with E-state index in [1.54, 1.807) is 0 Å². The van der Waals surface area contributed by atoms with Gasteiger partial charge in [0.05, 0.1) is 0 Å². The molecule has 0 aliphatic carbocycles. The quantitative estimate of drug-likeness (QED) is 0.603. The van der Waals surface area contributed by atoms with E-state index in [0.29, 0.717) is 5.92 Å². The summed E-state index contributed by atoms with van der Waals surface area (Å²) in [6, 6.07) is 15.6. The van der Waals surface area contributed by atoms with Crippen LogP contribution in [-0.2, 0) is 19.3 Å².